The minimum atomic E-state index is 0.297. The van der Waals surface area contributed by atoms with E-state index in [1.54, 1.807) is 0 Å². The van der Waals surface area contributed by atoms with Crippen molar-refractivity contribution in [1.29, 1.82) is 0 Å². The molecule has 2 rings (SSSR count). The highest BCUT2D eigenvalue weighted by Crippen LogP contribution is 2.24. The van der Waals surface area contributed by atoms with Gasteiger partial charge in [0.25, 0.3) is 0 Å². The van der Waals surface area contributed by atoms with Crippen LogP contribution >= 0.6 is 0 Å². The van der Waals surface area contributed by atoms with E-state index in [9.17, 15) is 0 Å². The van der Waals surface area contributed by atoms with Crippen molar-refractivity contribution >= 4 is 5.69 Å². The monoisotopic (exact) mass is 205 g/mol. The van der Waals surface area contributed by atoms with Gasteiger partial charge in [-0.2, -0.15) is 0 Å². The first-order valence-electron chi connectivity index (χ1n) is 5.80. The third kappa shape index (κ3) is 2.32. The van der Waals surface area contributed by atoms with E-state index in [0.717, 1.165) is 25.8 Å². The maximum atomic E-state index is 9.17. The van der Waals surface area contributed by atoms with Gasteiger partial charge in [-0.05, 0) is 36.0 Å². The normalized spacial score (nSPS) is 15.9. The number of hydrogen-bond donors (Lipinski definition) is 2. The molecule has 2 nitrogen and oxygen atoms in total. The molecule has 1 aliphatic heterocycles. The highest BCUT2D eigenvalue weighted by atomic mass is 16.3. The zero-order valence-electron chi connectivity index (χ0n) is 9.29. The molecule has 0 fully saturated rings. The summed E-state index contributed by atoms with van der Waals surface area (Å²) in [5.41, 5.74) is 4.08. The number of fused-ring (bicyclic) bond motifs is 1. The highest BCUT2D eigenvalue weighted by Gasteiger charge is 2.11. The predicted molar refractivity (Wildman–Crippen MR) is 63.2 cm³/mol. The van der Waals surface area contributed by atoms with E-state index in [4.69, 9.17) is 5.11 Å². The zero-order chi connectivity index (χ0) is 10.7. The maximum Gasteiger partial charge on any atom is 0.0462 e. The minimum absolute atomic E-state index is 0.297. The topological polar surface area (TPSA) is 32.3 Å². The molecule has 0 aromatic heterocycles. The Morgan fingerprint density at radius 3 is 3.07 bits per heavy atom. The molecular formula is C13H19NO. The number of hydrogen-bond acceptors (Lipinski definition) is 2. The van der Waals surface area contributed by atoms with Crippen LogP contribution < -0.4 is 5.32 Å². The lowest BCUT2D eigenvalue weighted by Gasteiger charge is -2.12. The summed E-state index contributed by atoms with van der Waals surface area (Å²) in [7, 11) is 0. The van der Waals surface area contributed by atoms with Crippen molar-refractivity contribution in [2.45, 2.75) is 26.2 Å². The Bertz CT molecular complexity index is 331. The van der Waals surface area contributed by atoms with Gasteiger partial charge in [0.15, 0.2) is 0 Å². The molecule has 15 heavy (non-hydrogen) atoms. The van der Waals surface area contributed by atoms with E-state index < -0.39 is 0 Å². The lowest BCUT2D eigenvalue weighted by Crippen LogP contribution is -2.08. The summed E-state index contributed by atoms with van der Waals surface area (Å²) in [5, 5.41) is 12.5. The van der Waals surface area contributed by atoms with E-state index in [1.165, 1.54) is 16.8 Å². The summed E-state index contributed by atoms with van der Waals surface area (Å²) in [5.74, 6) is 0.414. The van der Waals surface area contributed by atoms with Gasteiger partial charge in [0.2, 0.25) is 0 Å². The molecular weight excluding hydrogens is 186 g/mol. The van der Waals surface area contributed by atoms with Crippen LogP contribution in [0.2, 0.25) is 0 Å². The highest BCUT2D eigenvalue weighted by molar-refractivity contribution is 5.56. The minimum Gasteiger partial charge on any atom is -0.396 e. The van der Waals surface area contributed by atoms with Gasteiger partial charge in [-0.25, -0.2) is 0 Å². The fourth-order valence-electron chi connectivity index (χ4n) is 2.16. The second kappa shape index (κ2) is 4.67. The lowest BCUT2D eigenvalue weighted by atomic mass is 9.96. The van der Waals surface area contributed by atoms with Crippen LogP contribution in [0.15, 0.2) is 18.2 Å². The Kier molecular flexibility index (Phi) is 3.27. The van der Waals surface area contributed by atoms with E-state index >= 15 is 0 Å². The first-order chi connectivity index (χ1) is 7.33. The van der Waals surface area contributed by atoms with Gasteiger partial charge in [-0.3, -0.25) is 0 Å². The molecule has 0 spiro atoms. The van der Waals surface area contributed by atoms with Crippen LogP contribution in [0.5, 0.6) is 0 Å². The van der Waals surface area contributed by atoms with Crippen molar-refractivity contribution in [3.8, 4) is 0 Å². The first-order valence-corrected chi connectivity index (χ1v) is 5.80. The summed E-state index contributed by atoms with van der Waals surface area (Å²) in [6, 6.07) is 6.63. The van der Waals surface area contributed by atoms with Crippen LogP contribution in [0.1, 0.15) is 24.5 Å². The van der Waals surface area contributed by atoms with Crippen molar-refractivity contribution in [1.82, 2.24) is 0 Å². The molecule has 0 saturated carbocycles. The molecule has 0 amide bonds. The molecule has 2 heteroatoms. The Morgan fingerprint density at radius 2 is 2.33 bits per heavy atom. The fourth-order valence-corrected chi connectivity index (χ4v) is 2.16. The molecule has 82 valence electrons. The first kappa shape index (κ1) is 10.5. The molecule has 1 atom stereocenters. The van der Waals surface area contributed by atoms with Crippen LogP contribution in [0.4, 0.5) is 5.69 Å². The largest absolute Gasteiger partial charge is 0.396 e. The van der Waals surface area contributed by atoms with Gasteiger partial charge in [0.05, 0.1) is 0 Å². The van der Waals surface area contributed by atoms with Crippen LogP contribution in [0.25, 0.3) is 0 Å². The van der Waals surface area contributed by atoms with Crippen LogP contribution in [0, 0.1) is 5.92 Å². The molecule has 1 aromatic rings. The average Bonchev–Trinajstić information content (AvgIpc) is 2.73. The van der Waals surface area contributed by atoms with E-state index in [-0.39, 0.29) is 0 Å². The van der Waals surface area contributed by atoms with Crippen molar-refractivity contribution in [2.24, 2.45) is 5.92 Å². The van der Waals surface area contributed by atoms with Gasteiger partial charge < -0.3 is 10.4 Å². The zero-order valence-corrected chi connectivity index (χ0v) is 9.29. The lowest BCUT2D eigenvalue weighted by molar-refractivity contribution is 0.222. The summed E-state index contributed by atoms with van der Waals surface area (Å²) in [6.45, 7) is 3.50. The second-order valence-electron chi connectivity index (χ2n) is 4.33. The quantitative estimate of drug-likeness (QED) is 0.790. The molecule has 1 aliphatic rings. The number of anilines is 1. The standard InChI is InChI=1S/C13H19NO/c1-2-10(9-15)7-11-3-4-13-12(8-11)5-6-14-13/h3-4,8,10,14-15H,2,5-7,9H2,1H3. The van der Waals surface area contributed by atoms with Crippen molar-refractivity contribution in [3.05, 3.63) is 29.3 Å². The number of nitrogens with one attached hydrogen (secondary N) is 1. The van der Waals surface area contributed by atoms with Gasteiger partial charge in [0.1, 0.15) is 0 Å². The van der Waals surface area contributed by atoms with E-state index in [0.29, 0.717) is 12.5 Å². The summed E-state index contributed by atoms with van der Waals surface area (Å²) in [4.78, 5) is 0. The Hall–Kier alpha value is -1.02. The number of aliphatic hydroxyl groups is 1. The van der Waals surface area contributed by atoms with Crippen molar-refractivity contribution in [3.63, 3.8) is 0 Å². The molecule has 0 radical (unpaired) electrons. The Balaban J connectivity index is 2.09. The van der Waals surface area contributed by atoms with Gasteiger partial charge >= 0.3 is 0 Å². The van der Waals surface area contributed by atoms with Crippen LogP contribution in [-0.4, -0.2) is 18.3 Å². The predicted octanol–water partition coefficient (Wildman–Crippen LogP) is 2.22. The van der Waals surface area contributed by atoms with Crippen molar-refractivity contribution < 1.29 is 5.11 Å². The second-order valence-corrected chi connectivity index (χ2v) is 4.33. The number of aliphatic hydroxyl groups excluding tert-OH is 1. The Labute approximate surface area is 91.3 Å². The maximum absolute atomic E-state index is 9.17. The Morgan fingerprint density at radius 1 is 1.47 bits per heavy atom. The molecule has 0 saturated heterocycles. The van der Waals surface area contributed by atoms with Gasteiger partial charge in [0, 0.05) is 18.8 Å². The average molecular weight is 205 g/mol. The van der Waals surface area contributed by atoms with Crippen LogP contribution in [0.3, 0.4) is 0 Å². The summed E-state index contributed by atoms with van der Waals surface area (Å²) in [6.07, 6.45) is 3.19. The molecule has 0 bridgehead atoms. The molecule has 1 unspecified atom stereocenters. The van der Waals surface area contributed by atoms with Crippen LogP contribution in [-0.2, 0) is 12.8 Å². The number of rotatable bonds is 4. The summed E-state index contributed by atoms with van der Waals surface area (Å²) >= 11 is 0. The third-order valence-corrected chi connectivity index (χ3v) is 3.24. The SMILES string of the molecule is CCC(CO)Cc1ccc2c(c1)CCN2. The third-order valence-electron chi connectivity index (χ3n) is 3.24. The molecule has 2 N–H and O–H groups in total. The van der Waals surface area contributed by atoms with E-state index in [2.05, 4.69) is 30.4 Å². The van der Waals surface area contributed by atoms with Gasteiger partial charge in [-0.1, -0.05) is 25.5 Å². The number of benzene rings is 1. The fraction of sp³-hybridized carbons (Fsp3) is 0.538. The molecule has 1 aromatic carbocycles. The molecule has 1 heterocycles. The van der Waals surface area contributed by atoms with E-state index in [1.807, 2.05) is 0 Å². The van der Waals surface area contributed by atoms with Crippen molar-refractivity contribution in [2.75, 3.05) is 18.5 Å². The molecule has 0 aliphatic carbocycles. The van der Waals surface area contributed by atoms with Gasteiger partial charge in [-0.15, -0.1) is 0 Å². The summed E-state index contributed by atoms with van der Waals surface area (Å²) < 4.78 is 0. The smallest absolute Gasteiger partial charge is 0.0462 e.